The molecule has 1 fully saturated rings. The van der Waals surface area contributed by atoms with Gasteiger partial charge in [0.2, 0.25) is 11.9 Å². The van der Waals surface area contributed by atoms with E-state index in [0.29, 0.717) is 25.5 Å². The zero-order valence-electron chi connectivity index (χ0n) is 15.3. The summed E-state index contributed by atoms with van der Waals surface area (Å²) in [5.41, 5.74) is 1.12. The molecule has 140 valence electrons. The van der Waals surface area contributed by atoms with Crippen molar-refractivity contribution in [3.05, 3.63) is 35.9 Å². The summed E-state index contributed by atoms with van der Waals surface area (Å²) in [6.45, 7) is 6.52. The quantitative estimate of drug-likeness (QED) is 0.689. The van der Waals surface area contributed by atoms with Crippen LogP contribution in [0.2, 0.25) is 0 Å². The maximum Gasteiger partial charge on any atom is 0.233 e. The fourth-order valence-corrected chi connectivity index (χ4v) is 3.78. The maximum atomic E-state index is 12.4. The van der Waals surface area contributed by atoms with Crippen molar-refractivity contribution in [3.8, 4) is 0 Å². The predicted molar refractivity (Wildman–Crippen MR) is 102 cm³/mol. The van der Waals surface area contributed by atoms with Crippen molar-refractivity contribution in [2.75, 3.05) is 44.0 Å². The van der Waals surface area contributed by atoms with E-state index in [1.165, 1.54) is 11.8 Å². The number of rotatable bonds is 7. The van der Waals surface area contributed by atoms with E-state index in [0.717, 1.165) is 36.3 Å². The minimum atomic E-state index is 0.0810. The first kappa shape index (κ1) is 18.7. The molecule has 26 heavy (non-hydrogen) atoms. The second-order valence-corrected chi connectivity index (χ2v) is 7.09. The number of hydrogen-bond donors (Lipinski definition) is 0. The Morgan fingerprint density at radius 3 is 2.65 bits per heavy atom. The van der Waals surface area contributed by atoms with E-state index in [1.54, 1.807) is 4.90 Å². The van der Waals surface area contributed by atoms with Crippen molar-refractivity contribution in [2.45, 2.75) is 25.2 Å². The van der Waals surface area contributed by atoms with Crippen LogP contribution in [0, 0.1) is 0 Å². The lowest BCUT2D eigenvalue weighted by atomic mass is 10.2. The summed E-state index contributed by atoms with van der Waals surface area (Å²) in [5.74, 6) is 1.30. The SMILES string of the molecule is CCn1c(SCC(=O)N(C)Cc2ccccc2)nnc1N1CCOCC1. The molecule has 0 spiro atoms. The second kappa shape index (κ2) is 9.05. The number of benzene rings is 1. The third kappa shape index (κ3) is 4.56. The number of nitrogens with zero attached hydrogens (tertiary/aromatic N) is 5. The number of anilines is 1. The maximum absolute atomic E-state index is 12.4. The fraction of sp³-hybridized carbons (Fsp3) is 0.500. The van der Waals surface area contributed by atoms with Crippen molar-refractivity contribution in [1.29, 1.82) is 0 Å². The Balaban J connectivity index is 1.58. The Morgan fingerprint density at radius 2 is 1.96 bits per heavy atom. The number of thioether (sulfide) groups is 1. The van der Waals surface area contributed by atoms with Crippen LogP contribution in [-0.2, 0) is 22.6 Å². The highest BCUT2D eigenvalue weighted by Gasteiger charge is 2.20. The zero-order valence-corrected chi connectivity index (χ0v) is 16.1. The van der Waals surface area contributed by atoms with Crippen LogP contribution in [-0.4, -0.2) is 64.7 Å². The van der Waals surface area contributed by atoms with Crippen molar-refractivity contribution < 1.29 is 9.53 Å². The van der Waals surface area contributed by atoms with Gasteiger partial charge in [0.15, 0.2) is 5.16 Å². The standard InChI is InChI=1S/C18H25N5O2S/c1-3-23-17(22-9-11-25-12-10-22)19-20-18(23)26-14-16(24)21(2)13-15-7-5-4-6-8-15/h4-8H,3,9-14H2,1-2H3. The summed E-state index contributed by atoms with van der Waals surface area (Å²) in [4.78, 5) is 16.4. The van der Waals surface area contributed by atoms with Gasteiger partial charge in [0.05, 0.1) is 19.0 Å². The van der Waals surface area contributed by atoms with Crippen LogP contribution in [0.1, 0.15) is 12.5 Å². The molecule has 1 aromatic heterocycles. The highest BCUT2D eigenvalue weighted by atomic mass is 32.2. The van der Waals surface area contributed by atoms with Gasteiger partial charge in [0, 0.05) is 33.2 Å². The molecule has 1 aliphatic heterocycles. The Bertz CT molecular complexity index is 716. The number of amides is 1. The first-order valence-electron chi connectivity index (χ1n) is 8.85. The molecule has 8 heteroatoms. The third-order valence-corrected chi connectivity index (χ3v) is 5.27. The average molecular weight is 375 g/mol. The van der Waals surface area contributed by atoms with E-state index in [1.807, 2.05) is 37.4 Å². The molecule has 0 aliphatic carbocycles. The van der Waals surface area contributed by atoms with E-state index in [-0.39, 0.29) is 5.91 Å². The van der Waals surface area contributed by atoms with Gasteiger partial charge in [0.1, 0.15) is 0 Å². The number of carbonyl (C=O) groups excluding carboxylic acids is 1. The molecule has 1 saturated heterocycles. The smallest absolute Gasteiger partial charge is 0.233 e. The van der Waals surface area contributed by atoms with Gasteiger partial charge in [-0.2, -0.15) is 0 Å². The van der Waals surface area contributed by atoms with Crippen LogP contribution < -0.4 is 4.90 Å². The predicted octanol–water partition coefficient (Wildman–Crippen LogP) is 1.89. The van der Waals surface area contributed by atoms with Crippen LogP contribution in [0.5, 0.6) is 0 Å². The number of hydrogen-bond acceptors (Lipinski definition) is 6. The Hall–Kier alpha value is -2.06. The van der Waals surface area contributed by atoms with Crippen LogP contribution in [0.3, 0.4) is 0 Å². The molecule has 1 aliphatic rings. The molecular weight excluding hydrogens is 350 g/mol. The minimum absolute atomic E-state index is 0.0810. The minimum Gasteiger partial charge on any atom is -0.378 e. The normalized spacial score (nSPS) is 14.5. The zero-order chi connectivity index (χ0) is 18.4. The highest BCUT2D eigenvalue weighted by Crippen LogP contribution is 2.23. The lowest BCUT2D eigenvalue weighted by molar-refractivity contribution is -0.127. The van der Waals surface area contributed by atoms with E-state index in [4.69, 9.17) is 4.74 Å². The van der Waals surface area contributed by atoms with Gasteiger partial charge in [-0.3, -0.25) is 9.36 Å². The van der Waals surface area contributed by atoms with Gasteiger partial charge >= 0.3 is 0 Å². The fourth-order valence-electron chi connectivity index (χ4n) is 2.84. The highest BCUT2D eigenvalue weighted by molar-refractivity contribution is 7.99. The Morgan fingerprint density at radius 1 is 1.23 bits per heavy atom. The van der Waals surface area contributed by atoms with E-state index < -0.39 is 0 Å². The molecule has 1 aromatic carbocycles. The summed E-state index contributed by atoms with van der Waals surface area (Å²) in [6, 6.07) is 10.0. The molecule has 0 N–H and O–H groups in total. The van der Waals surface area contributed by atoms with E-state index in [2.05, 4.69) is 26.6 Å². The molecule has 0 bridgehead atoms. The average Bonchev–Trinajstić information content (AvgIpc) is 3.10. The molecule has 0 saturated carbocycles. The Labute approximate surface area is 158 Å². The Kier molecular flexibility index (Phi) is 6.51. The lowest BCUT2D eigenvalue weighted by Gasteiger charge is -2.27. The molecule has 2 heterocycles. The number of aromatic nitrogens is 3. The first-order chi connectivity index (χ1) is 12.7. The molecular formula is C18H25N5O2S. The van der Waals surface area contributed by atoms with Crippen LogP contribution in [0.15, 0.2) is 35.5 Å². The van der Waals surface area contributed by atoms with Crippen molar-refractivity contribution >= 4 is 23.6 Å². The van der Waals surface area contributed by atoms with Crippen LogP contribution in [0.25, 0.3) is 0 Å². The third-order valence-electron chi connectivity index (χ3n) is 4.32. The number of carbonyl (C=O) groups is 1. The molecule has 1 amide bonds. The van der Waals surface area contributed by atoms with Gasteiger partial charge in [-0.25, -0.2) is 0 Å². The molecule has 2 aromatic rings. The van der Waals surface area contributed by atoms with Crippen molar-refractivity contribution in [2.24, 2.45) is 0 Å². The monoisotopic (exact) mass is 375 g/mol. The number of ether oxygens (including phenoxy) is 1. The topological polar surface area (TPSA) is 63.5 Å². The summed E-state index contributed by atoms with van der Waals surface area (Å²) >= 11 is 1.44. The number of morpholine rings is 1. The van der Waals surface area contributed by atoms with Crippen LogP contribution in [0.4, 0.5) is 5.95 Å². The summed E-state index contributed by atoms with van der Waals surface area (Å²) in [6.07, 6.45) is 0. The van der Waals surface area contributed by atoms with Gasteiger partial charge in [-0.05, 0) is 12.5 Å². The van der Waals surface area contributed by atoms with Crippen molar-refractivity contribution in [1.82, 2.24) is 19.7 Å². The van der Waals surface area contributed by atoms with Gasteiger partial charge in [-0.15, -0.1) is 10.2 Å². The lowest BCUT2D eigenvalue weighted by Crippen LogP contribution is -2.38. The van der Waals surface area contributed by atoms with Crippen molar-refractivity contribution in [3.63, 3.8) is 0 Å². The largest absolute Gasteiger partial charge is 0.378 e. The van der Waals surface area contributed by atoms with E-state index in [9.17, 15) is 4.79 Å². The first-order valence-corrected chi connectivity index (χ1v) is 9.84. The molecule has 0 atom stereocenters. The molecule has 7 nitrogen and oxygen atoms in total. The molecule has 0 unspecified atom stereocenters. The second-order valence-electron chi connectivity index (χ2n) is 6.15. The van der Waals surface area contributed by atoms with E-state index >= 15 is 0 Å². The summed E-state index contributed by atoms with van der Waals surface area (Å²) in [7, 11) is 1.83. The van der Waals surface area contributed by atoms with Gasteiger partial charge in [0.25, 0.3) is 0 Å². The summed E-state index contributed by atoms with van der Waals surface area (Å²) in [5, 5.41) is 9.43. The molecule has 0 radical (unpaired) electrons. The van der Waals surface area contributed by atoms with Crippen LogP contribution >= 0.6 is 11.8 Å². The van der Waals surface area contributed by atoms with Gasteiger partial charge < -0.3 is 14.5 Å². The van der Waals surface area contributed by atoms with Gasteiger partial charge in [-0.1, -0.05) is 42.1 Å². The summed E-state index contributed by atoms with van der Waals surface area (Å²) < 4.78 is 7.47. The molecule has 3 rings (SSSR count).